The molecule has 0 bridgehead atoms. The summed E-state index contributed by atoms with van der Waals surface area (Å²) < 4.78 is 0. The molecule has 1 aliphatic heterocycles. The van der Waals surface area contributed by atoms with E-state index < -0.39 is 39.9 Å². The van der Waals surface area contributed by atoms with E-state index in [0.29, 0.717) is 0 Å². The number of carboxylic acid groups (broad SMARTS) is 1. The van der Waals surface area contributed by atoms with Crippen LogP contribution in [0.4, 0.5) is 5.69 Å². The van der Waals surface area contributed by atoms with Crippen LogP contribution in [-0.2, 0) is 14.4 Å². The van der Waals surface area contributed by atoms with Crippen molar-refractivity contribution in [3.05, 3.63) is 75.8 Å². The molecule has 2 amide bonds. The molecular formula is C22H24N4O6. The molecule has 1 heterocycles. The lowest BCUT2D eigenvalue weighted by molar-refractivity contribution is -0.385. The van der Waals surface area contributed by atoms with Gasteiger partial charge in [-0.3, -0.25) is 19.7 Å². The number of allylic oxidation sites excluding steroid dienone is 2. The molecule has 0 spiro atoms. The Morgan fingerprint density at radius 3 is 2.19 bits per heavy atom. The van der Waals surface area contributed by atoms with Crippen LogP contribution in [0.25, 0.3) is 0 Å². The van der Waals surface area contributed by atoms with Crippen molar-refractivity contribution in [3.8, 4) is 0 Å². The molecule has 0 aromatic heterocycles. The summed E-state index contributed by atoms with van der Waals surface area (Å²) in [4.78, 5) is 55.7. The second kappa shape index (κ2) is 10.3. The quantitative estimate of drug-likeness (QED) is 0.512. The van der Waals surface area contributed by atoms with Crippen molar-refractivity contribution in [1.82, 2.24) is 9.80 Å². The smallest absolute Gasteiger partial charge is 0.334 e. The minimum Gasteiger partial charge on any atom is -0.478 e. The van der Waals surface area contributed by atoms with Gasteiger partial charge in [0.15, 0.2) is 0 Å². The van der Waals surface area contributed by atoms with E-state index in [9.17, 15) is 29.6 Å². The third-order valence-corrected chi connectivity index (χ3v) is 4.82. The number of hydrogen-bond acceptors (Lipinski definition) is 6. The van der Waals surface area contributed by atoms with Gasteiger partial charge in [0.2, 0.25) is 0 Å². The van der Waals surface area contributed by atoms with Crippen LogP contribution < -0.4 is 0 Å². The maximum Gasteiger partial charge on any atom is 0.334 e. The summed E-state index contributed by atoms with van der Waals surface area (Å²) in [7, 11) is 2.92. The molecule has 1 aliphatic rings. The van der Waals surface area contributed by atoms with Crippen LogP contribution >= 0.6 is 0 Å². The summed E-state index contributed by atoms with van der Waals surface area (Å²) in [6.07, 6.45) is 5.92. The monoisotopic (exact) mass is 440 g/mol. The van der Waals surface area contributed by atoms with E-state index in [1.165, 1.54) is 55.7 Å². The topological polar surface area (TPSA) is 133 Å². The zero-order valence-electron chi connectivity index (χ0n) is 18.2. The number of nitrogens with zero attached hydrogens (tertiary/aromatic N) is 4. The van der Waals surface area contributed by atoms with Crippen LogP contribution in [-0.4, -0.2) is 57.4 Å². The van der Waals surface area contributed by atoms with Gasteiger partial charge in [-0.2, -0.15) is 0 Å². The first-order chi connectivity index (χ1) is 15.1. The van der Waals surface area contributed by atoms with E-state index in [-0.39, 0.29) is 23.4 Å². The van der Waals surface area contributed by atoms with Gasteiger partial charge in [0.1, 0.15) is 11.4 Å². The Morgan fingerprint density at radius 1 is 1.09 bits per heavy atom. The number of aliphatic carboxylic acids is 1. The van der Waals surface area contributed by atoms with Crippen LogP contribution in [0.5, 0.6) is 0 Å². The average molecular weight is 440 g/mol. The number of carbonyl (C=O) groups is 3. The first-order valence-corrected chi connectivity index (χ1v) is 9.72. The summed E-state index contributed by atoms with van der Waals surface area (Å²) in [6.45, 7) is 3.39. The first-order valence-electron chi connectivity index (χ1n) is 9.72. The van der Waals surface area contributed by atoms with Gasteiger partial charge in [-0.15, -0.1) is 0 Å². The predicted octanol–water partition coefficient (Wildman–Crippen LogP) is 2.85. The lowest BCUT2D eigenvalue weighted by Gasteiger charge is -2.27. The molecule has 1 atom stereocenters. The highest BCUT2D eigenvalue weighted by Gasteiger charge is 2.39. The highest BCUT2D eigenvalue weighted by molar-refractivity contribution is 6.40. The number of hydrogen-bond donors (Lipinski definition) is 1. The molecule has 0 fully saturated rings. The van der Waals surface area contributed by atoms with Gasteiger partial charge in [-0.05, 0) is 13.8 Å². The van der Waals surface area contributed by atoms with E-state index >= 15 is 0 Å². The molecular weight excluding hydrogens is 416 g/mol. The normalized spacial score (nSPS) is 16.2. The number of rotatable bonds is 7. The van der Waals surface area contributed by atoms with E-state index in [0.717, 1.165) is 4.90 Å². The van der Waals surface area contributed by atoms with Crippen LogP contribution in [0, 0.1) is 10.1 Å². The molecule has 168 valence electrons. The molecule has 0 radical (unpaired) electrons. The molecule has 2 rings (SSSR count). The Kier molecular flexibility index (Phi) is 7.78. The van der Waals surface area contributed by atoms with Crippen molar-refractivity contribution >= 4 is 29.2 Å². The number of nitro benzene ring substituents is 1. The Hall–Kier alpha value is -4.08. The Morgan fingerprint density at radius 2 is 1.66 bits per heavy atom. The van der Waals surface area contributed by atoms with E-state index in [4.69, 9.17) is 0 Å². The summed E-state index contributed by atoms with van der Waals surface area (Å²) in [5.41, 5.74) is -1.13. The molecule has 1 unspecified atom stereocenters. The minimum atomic E-state index is -1.44. The standard InChI is InChI=1S/C22H24N4O6/c1-5-11-24(3)20(27)16-13-15(14-9-7-8-10-17(14)26(31)32)18(22(29)30)19(23-16)21(28)25(4)12-6-2/h5-12,15H,13H2,1-4H3,(H,29,30). The number of amides is 2. The van der Waals surface area contributed by atoms with Crippen LogP contribution in [0.1, 0.15) is 31.7 Å². The zero-order chi connectivity index (χ0) is 24.0. The van der Waals surface area contributed by atoms with Gasteiger partial charge < -0.3 is 14.9 Å². The Bertz CT molecular complexity index is 1070. The largest absolute Gasteiger partial charge is 0.478 e. The zero-order valence-corrected chi connectivity index (χ0v) is 18.2. The third kappa shape index (κ3) is 4.97. The molecule has 0 saturated carbocycles. The molecule has 0 saturated heterocycles. The van der Waals surface area contributed by atoms with Crippen molar-refractivity contribution in [3.63, 3.8) is 0 Å². The van der Waals surface area contributed by atoms with Crippen molar-refractivity contribution in [1.29, 1.82) is 0 Å². The van der Waals surface area contributed by atoms with E-state index in [1.807, 2.05) is 0 Å². The van der Waals surface area contributed by atoms with Crippen molar-refractivity contribution in [2.24, 2.45) is 4.99 Å². The van der Waals surface area contributed by atoms with Gasteiger partial charge in [-0.1, -0.05) is 30.4 Å². The second-order valence-electron chi connectivity index (χ2n) is 7.00. The molecule has 10 heteroatoms. The maximum atomic E-state index is 13.0. The van der Waals surface area contributed by atoms with E-state index in [1.54, 1.807) is 26.0 Å². The maximum absolute atomic E-state index is 13.0. The molecule has 32 heavy (non-hydrogen) atoms. The summed E-state index contributed by atoms with van der Waals surface area (Å²) >= 11 is 0. The minimum absolute atomic E-state index is 0.0732. The van der Waals surface area contributed by atoms with Crippen LogP contribution in [0.3, 0.4) is 0 Å². The van der Waals surface area contributed by atoms with E-state index in [2.05, 4.69) is 4.99 Å². The van der Waals surface area contributed by atoms with Crippen molar-refractivity contribution in [2.45, 2.75) is 26.2 Å². The van der Waals surface area contributed by atoms with Crippen molar-refractivity contribution < 1.29 is 24.4 Å². The molecule has 0 aliphatic carbocycles. The number of aliphatic imine (C=N–C) groups is 1. The summed E-state index contributed by atoms with van der Waals surface area (Å²) in [6, 6.07) is 5.67. The fraction of sp³-hybridized carbons (Fsp3) is 0.273. The second-order valence-corrected chi connectivity index (χ2v) is 7.00. The Labute approximate surface area is 185 Å². The van der Waals surface area contributed by atoms with Gasteiger partial charge in [-0.25, -0.2) is 9.79 Å². The lowest BCUT2D eigenvalue weighted by atomic mass is 9.82. The molecule has 1 aromatic carbocycles. The van der Waals surface area contributed by atoms with Crippen LogP contribution in [0.15, 0.2) is 65.1 Å². The fourth-order valence-electron chi connectivity index (χ4n) is 3.42. The third-order valence-electron chi connectivity index (χ3n) is 4.82. The Balaban J connectivity index is 2.80. The van der Waals surface area contributed by atoms with Gasteiger partial charge >= 0.3 is 5.97 Å². The van der Waals surface area contributed by atoms with Gasteiger partial charge in [0, 0.05) is 50.5 Å². The number of carbonyl (C=O) groups excluding carboxylic acids is 2. The van der Waals surface area contributed by atoms with Gasteiger partial charge in [0.25, 0.3) is 17.5 Å². The molecule has 10 nitrogen and oxygen atoms in total. The highest BCUT2D eigenvalue weighted by Crippen LogP contribution is 2.39. The molecule has 1 aromatic rings. The summed E-state index contributed by atoms with van der Waals surface area (Å²) in [5.74, 6) is -3.86. The SMILES string of the molecule is CC=CN(C)C(=O)C1=NC(C(=O)N(C)C=CC)=C(C(=O)O)C(c2ccccc2[N+](=O)[O-])C1. The first kappa shape index (κ1) is 24.2. The lowest BCUT2D eigenvalue weighted by Crippen LogP contribution is -2.36. The predicted molar refractivity (Wildman–Crippen MR) is 118 cm³/mol. The number of benzene rings is 1. The average Bonchev–Trinajstić information content (AvgIpc) is 2.77. The number of likely N-dealkylation sites (N-methyl/N-ethyl adjacent to an activating group) is 1. The number of carboxylic acids is 1. The van der Waals surface area contributed by atoms with Crippen molar-refractivity contribution in [2.75, 3.05) is 14.1 Å². The summed E-state index contributed by atoms with van der Waals surface area (Å²) in [5, 5.41) is 21.6. The molecule has 1 N–H and O–H groups in total. The van der Waals surface area contributed by atoms with Gasteiger partial charge in [0.05, 0.1) is 10.5 Å². The fourth-order valence-corrected chi connectivity index (χ4v) is 3.42. The van der Waals surface area contributed by atoms with Crippen LogP contribution in [0.2, 0.25) is 0 Å². The number of nitro groups is 1. The number of para-hydroxylation sites is 1. The highest BCUT2D eigenvalue weighted by atomic mass is 16.6.